The number of nitrogens with two attached hydrogens (primary N) is 1. The summed E-state index contributed by atoms with van der Waals surface area (Å²) in [5.41, 5.74) is 6.76. The maximum Gasteiger partial charge on any atom is 0.175 e. The minimum atomic E-state index is -3.15. The number of benzene rings is 1. The molecule has 1 unspecified atom stereocenters. The van der Waals surface area contributed by atoms with Gasteiger partial charge >= 0.3 is 0 Å². The maximum atomic E-state index is 11.4. The summed E-state index contributed by atoms with van der Waals surface area (Å²) in [6.45, 7) is 1.91. The summed E-state index contributed by atoms with van der Waals surface area (Å²) in [6, 6.07) is 10.6. The van der Waals surface area contributed by atoms with E-state index in [1.165, 1.54) is 18.0 Å². The zero-order valence-corrected chi connectivity index (χ0v) is 12.9. The molecule has 1 atom stereocenters. The number of hydrogen-bond donors (Lipinski definition) is 1. The smallest absolute Gasteiger partial charge is 0.175 e. The molecule has 6 heteroatoms. The molecule has 1 heterocycles. The van der Waals surface area contributed by atoms with Crippen LogP contribution in [0.15, 0.2) is 57.4 Å². The zero-order valence-electron chi connectivity index (χ0n) is 11.3. The molecular formula is C14H16N2O2S2. The molecule has 2 aromatic rings. The van der Waals surface area contributed by atoms with Crippen LogP contribution < -0.4 is 5.73 Å². The Kier molecular flexibility index (Phi) is 4.47. The minimum absolute atomic E-state index is 0.0319. The molecule has 20 heavy (non-hydrogen) atoms. The molecular weight excluding hydrogens is 292 g/mol. The summed E-state index contributed by atoms with van der Waals surface area (Å²) in [4.78, 5) is 5.60. The van der Waals surface area contributed by atoms with Gasteiger partial charge in [-0.3, -0.25) is 0 Å². The van der Waals surface area contributed by atoms with Crippen molar-refractivity contribution in [1.29, 1.82) is 0 Å². The molecule has 0 amide bonds. The van der Waals surface area contributed by atoms with Crippen LogP contribution in [0.3, 0.4) is 0 Å². The summed E-state index contributed by atoms with van der Waals surface area (Å²) >= 11 is 1.48. The van der Waals surface area contributed by atoms with Crippen LogP contribution in [0.2, 0.25) is 0 Å². The highest BCUT2D eigenvalue weighted by molar-refractivity contribution is 7.99. The first-order valence-corrected chi connectivity index (χ1v) is 8.76. The van der Waals surface area contributed by atoms with Crippen LogP contribution in [0.25, 0.3) is 0 Å². The van der Waals surface area contributed by atoms with Gasteiger partial charge in [0.15, 0.2) is 9.84 Å². The van der Waals surface area contributed by atoms with Gasteiger partial charge in [-0.1, -0.05) is 17.8 Å². The molecule has 0 aliphatic heterocycles. The lowest BCUT2D eigenvalue weighted by atomic mass is 10.2. The Morgan fingerprint density at radius 3 is 2.25 bits per heavy atom. The molecule has 2 N–H and O–H groups in total. The monoisotopic (exact) mass is 308 g/mol. The Balaban J connectivity index is 2.14. The molecule has 106 valence electrons. The van der Waals surface area contributed by atoms with Crippen LogP contribution in [0.5, 0.6) is 0 Å². The van der Waals surface area contributed by atoms with Crippen LogP contribution in [0, 0.1) is 0 Å². The number of nitrogens with zero attached hydrogens (tertiary/aromatic N) is 1. The summed E-state index contributed by atoms with van der Waals surface area (Å²) in [6.07, 6.45) is 2.96. The van der Waals surface area contributed by atoms with E-state index in [2.05, 4.69) is 4.98 Å². The van der Waals surface area contributed by atoms with Crippen molar-refractivity contribution in [1.82, 2.24) is 4.98 Å². The molecule has 0 spiro atoms. The third kappa shape index (κ3) is 3.82. The first-order valence-electron chi connectivity index (χ1n) is 6.06. The average molecular weight is 308 g/mol. The Morgan fingerprint density at radius 2 is 1.80 bits per heavy atom. The third-order valence-corrected chi connectivity index (χ3v) is 4.85. The lowest BCUT2D eigenvalue weighted by Crippen LogP contribution is -2.04. The van der Waals surface area contributed by atoms with Crippen LogP contribution in [-0.2, 0) is 9.84 Å². The van der Waals surface area contributed by atoms with Gasteiger partial charge in [-0.2, -0.15) is 0 Å². The quantitative estimate of drug-likeness (QED) is 0.940. The fourth-order valence-corrected chi connectivity index (χ4v) is 2.98. The normalized spacial score (nSPS) is 13.2. The zero-order chi connectivity index (χ0) is 14.8. The second-order valence-electron chi connectivity index (χ2n) is 4.56. The van der Waals surface area contributed by atoms with Crippen molar-refractivity contribution < 1.29 is 8.42 Å². The molecule has 0 saturated heterocycles. The van der Waals surface area contributed by atoms with Crippen molar-refractivity contribution in [2.24, 2.45) is 5.73 Å². The average Bonchev–Trinajstić information content (AvgIpc) is 2.39. The fourth-order valence-electron chi connectivity index (χ4n) is 1.60. The summed E-state index contributed by atoms with van der Waals surface area (Å²) in [5, 5.41) is 0.849. The van der Waals surface area contributed by atoms with E-state index in [0.29, 0.717) is 4.90 Å². The van der Waals surface area contributed by atoms with Gasteiger partial charge in [-0.15, -0.1) is 0 Å². The molecule has 1 aromatic carbocycles. The first kappa shape index (κ1) is 15.0. The van der Waals surface area contributed by atoms with Crippen molar-refractivity contribution in [2.45, 2.75) is 27.8 Å². The predicted molar refractivity (Wildman–Crippen MR) is 80.5 cm³/mol. The summed E-state index contributed by atoms with van der Waals surface area (Å²) in [5.74, 6) is 0. The summed E-state index contributed by atoms with van der Waals surface area (Å²) in [7, 11) is -3.15. The van der Waals surface area contributed by atoms with Gasteiger partial charge in [0.05, 0.1) is 4.90 Å². The number of sulfone groups is 1. The van der Waals surface area contributed by atoms with E-state index >= 15 is 0 Å². The molecule has 0 radical (unpaired) electrons. The van der Waals surface area contributed by atoms with Crippen LogP contribution >= 0.6 is 11.8 Å². The highest BCUT2D eigenvalue weighted by atomic mass is 32.2. The van der Waals surface area contributed by atoms with Crippen molar-refractivity contribution >= 4 is 21.6 Å². The van der Waals surface area contributed by atoms with Gasteiger partial charge in [0.25, 0.3) is 0 Å². The van der Waals surface area contributed by atoms with E-state index in [4.69, 9.17) is 5.73 Å². The lowest BCUT2D eigenvalue weighted by Gasteiger charge is -2.06. The van der Waals surface area contributed by atoms with Gasteiger partial charge in [-0.05, 0) is 42.8 Å². The Morgan fingerprint density at radius 1 is 1.15 bits per heavy atom. The van der Waals surface area contributed by atoms with Crippen molar-refractivity contribution in [3.63, 3.8) is 0 Å². The SMILES string of the molecule is CC(N)c1ccc(Sc2ccc(S(C)(=O)=O)cc2)nc1. The number of pyridine rings is 1. The standard InChI is InChI=1S/C14H16N2O2S2/c1-10(15)11-3-8-14(16-9-11)19-12-4-6-13(7-5-12)20(2,17)18/h3-10H,15H2,1-2H3. The Labute approximate surface area is 123 Å². The van der Waals surface area contributed by atoms with E-state index in [-0.39, 0.29) is 6.04 Å². The topological polar surface area (TPSA) is 73.1 Å². The van der Waals surface area contributed by atoms with Crippen LogP contribution in [0.4, 0.5) is 0 Å². The van der Waals surface area contributed by atoms with E-state index < -0.39 is 9.84 Å². The molecule has 0 aliphatic rings. The van der Waals surface area contributed by atoms with E-state index in [0.717, 1.165) is 15.5 Å². The van der Waals surface area contributed by atoms with E-state index in [1.807, 2.05) is 19.1 Å². The highest BCUT2D eigenvalue weighted by Crippen LogP contribution is 2.27. The van der Waals surface area contributed by atoms with Gasteiger partial charge in [-0.25, -0.2) is 13.4 Å². The van der Waals surface area contributed by atoms with Gasteiger partial charge in [0, 0.05) is 23.4 Å². The third-order valence-electron chi connectivity index (χ3n) is 2.76. The first-order chi connectivity index (χ1) is 9.36. The fraction of sp³-hybridized carbons (Fsp3) is 0.214. The second kappa shape index (κ2) is 5.95. The number of aromatic nitrogens is 1. The lowest BCUT2D eigenvalue weighted by molar-refractivity contribution is 0.602. The Bertz CT molecular complexity index is 678. The van der Waals surface area contributed by atoms with Crippen LogP contribution in [-0.4, -0.2) is 19.7 Å². The Hall–Kier alpha value is -1.37. The molecule has 0 aliphatic carbocycles. The molecule has 1 aromatic heterocycles. The second-order valence-corrected chi connectivity index (χ2v) is 7.67. The van der Waals surface area contributed by atoms with Gasteiger partial charge in [0.2, 0.25) is 0 Å². The largest absolute Gasteiger partial charge is 0.324 e. The van der Waals surface area contributed by atoms with Gasteiger partial charge in [0.1, 0.15) is 5.03 Å². The highest BCUT2D eigenvalue weighted by Gasteiger charge is 2.07. The van der Waals surface area contributed by atoms with Crippen molar-refractivity contribution in [3.8, 4) is 0 Å². The number of rotatable bonds is 4. The molecule has 0 fully saturated rings. The maximum absolute atomic E-state index is 11.4. The molecule has 0 saturated carbocycles. The van der Waals surface area contributed by atoms with Crippen LogP contribution in [0.1, 0.15) is 18.5 Å². The molecule has 0 bridgehead atoms. The van der Waals surface area contributed by atoms with E-state index in [1.54, 1.807) is 30.5 Å². The minimum Gasteiger partial charge on any atom is -0.324 e. The molecule has 2 rings (SSSR count). The van der Waals surface area contributed by atoms with Crippen molar-refractivity contribution in [3.05, 3.63) is 48.2 Å². The van der Waals surface area contributed by atoms with Crippen molar-refractivity contribution in [2.75, 3.05) is 6.26 Å². The predicted octanol–water partition coefficient (Wildman–Crippen LogP) is 2.66. The summed E-state index contributed by atoms with van der Waals surface area (Å²) < 4.78 is 22.7. The number of hydrogen-bond acceptors (Lipinski definition) is 5. The molecule has 4 nitrogen and oxygen atoms in total. The van der Waals surface area contributed by atoms with Gasteiger partial charge < -0.3 is 5.73 Å². The van der Waals surface area contributed by atoms with E-state index in [9.17, 15) is 8.42 Å².